The van der Waals surface area contributed by atoms with Gasteiger partial charge < -0.3 is 10.2 Å². The zero-order valence-electron chi connectivity index (χ0n) is 14.7. The minimum Gasteiger partial charge on any atom is -0.348 e. The third kappa shape index (κ3) is 4.31. The van der Waals surface area contributed by atoms with Crippen LogP contribution in [0.2, 0.25) is 0 Å². The summed E-state index contributed by atoms with van der Waals surface area (Å²) in [4.78, 5) is 30.8. The lowest BCUT2D eigenvalue weighted by molar-refractivity contribution is -0.139. The largest absolute Gasteiger partial charge is 0.348 e. The van der Waals surface area contributed by atoms with Crippen LogP contribution < -0.4 is 5.32 Å². The van der Waals surface area contributed by atoms with Crippen LogP contribution in [0.4, 0.5) is 0 Å². The number of nitrogens with one attached hydrogen (secondary N) is 1. The summed E-state index contributed by atoms with van der Waals surface area (Å²) < 4.78 is 0. The molecule has 0 spiro atoms. The second-order valence-electron chi connectivity index (χ2n) is 7.47. The molecule has 0 radical (unpaired) electrons. The van der Waals surface area contributed by atoms with Crippen LogP contribution in [0, 0.1) is 5.92 Å². The van der Waals surface area contributed by atoms with Crippen molar-refractivity contribution in [3.63, 3.8) is 0 Å². The third-order valence-corrected chi connectivity index (χ3v) is 4.93. The molecule has 1 aliphatic rings. The second kappa shape index (κ2) is 6.99. The fourth-order valence-corrected chi connectivity index (χ4v) is 3.73. The summed E-state index contributed by atoms with van der Waals surface area (Å²) in [6, 6.07) is -0.382. The van der Waals surface area contributed by atoms with Gasteiger partial charge >= 0.3 is 0 Å². The lowest BCUT2D eigenvalue weighted by Gasteiger charge is -2.29. The molecule has 1 aromatic heterocycles. The van der Waals surface area contributed by atoms with Gasteiger partial charge in [-0.05, 0) is 12.3 Å². The molecule has 2 rings (SSSR count). The molecule has 0 bridgehead atoms. The Hall–Kier alpha value is -1.43. The molecule has 1 aliphatic heterocycles. The number of aromatic nitrogens is 1. The summed E-state index contributed by atoms with van der Waals surface area (Å²) in [5.41, 5.74) is 1.06. The van der Waals surface area contributed by atoms with E-state index < -0.39 is 0 Å². The van der Waals surface area contributed by atoms with Crippen LogP contribution in [0.5, 0.6) is 0 Å². The summed E-state index contributed by atoms with van der Waals surface area (Å²) in [5.74, 6) is 0.101. The first-order valence-corrected chi connectivity index (χ1v) is 9.10. The molecular weight excluding hydrogens is 310 g/mol. The number of hydrogen-bond donors (Lipinski definition) is 1. The Kier molecular flexibility index (Phi) is 5.45. The third-order valence-electron chi connectivity index (χ3n) is 4.08. The first-order chi connectivity index (χ1) is 10.7. The maximum atomic E-state index is 12.6. The molecule has 1 atom stereocenters. The Labute approximate surface area is 142 Å². The molecule has 0 saturated carbocycles. The number of hydrogen-bond acceptors (Lipinski definition) is 4. The van der Waals surface area contributed by atoms with E-state index in [9.17, 15) is 9.59 Å². The Balaban J connectivity index is 1.99. The molecule has 0 aromatic carbocycles. The van der Waals surface area contributed by atoms with Crippen molar-refractivity contribution in [2.45, 2.75) is 65.5 Å². The highest BCUT2D eigenvalue weighted by atomic mass is 32.1. The maximum absolute atomic E-state index is 12.6. The molecule has 128 valence electrons. The standard InChI is InChI=1S/C17H27N3O2S/c1-11(2)15(20-8-6-7-14(20)21)16(22)18-9-13-19-12(10-23-13)17(3,4)5/h10-11,15H,6-9H2,1-5H3,(H,18,22)/t15-/m0/s1. The van der Waals surface area contributed by atoms with E-state index in [0.29, 0.717) is 19.5 Å². The zero-order valence-corrected chi connectivity index (χ0v) is 15.5. The molecule has 0 unspecified atom stereocenters. The number of amides is 2. The van der Waals surface area contributed by atoms with Gasteiger partial charge in [-0.2, -0.15) is 0 Å². The van der Waals surface area contributed by atoms with Crippen LogP contribution in [0.3, 0.4) is 0 Å². The summed E-state index contributed by atoms with van der Waals surface area (Å²) in [5, 5.41) is 5.91. The SMILES string of the molecule is CC(C)[C@@H](C(=O)NCc1nc(C(C)(C)C)cs1)N1CCCC1=O. The normalized spacial score (nSPS) is 17.0. The van der Waals surface area contributed by atoms with Gasteiger partial charge in [0.1, 0.15) is 11.0 Å². The first-order valence-electron chi connectivity index (χ1n) is 8.22. The quantitative estimate of drug-likeness (QED) is 0.898. The van der Waals surface area contributed by atoms with Crippen LogP contribution in [0.15, 0.2) is 5.38 Å². The predicted molar refractivity (Wildman–Crippen MR) is 92.2 cm³/mol. The van der Waals surface area contributed by atoms with Gasteiger partial charge in [0.25, 0.3) is 0 Å². The highest BCUT2D eigenvalue weighted by Gasteiger charge is 2.34. The van der Waals surface area contributed by atoms with E-state index >= 15 is 0 Å². The maximum Gasteiger partial charge on any atom is 0.243 e. The molecule has 2 heterocycles. The van der Waals surface area contributed by atoms with Crippen molar-refractivity contribution >= 4 is 23.2 Å². The van der Waals surface area contributed by atoms with Crippen LogP contribution >= 0.6 is 11.3 Å². The van der Waals surface area contributed by atoms with Gasteiger partial charge in [-0.15, -0.1) is 11.3 Å². The van der Waals surface area contributed by atoms with Gasteiger partial charge in [-0.25, -0.2) is 4.98 Å². The Morgan fingerprint density at radius 1 is 1.43 bits per heavy atom. The van der Waals surface area contributed by atoms with Crippen LogP contribution in [-0.2, 0) is 21.5 Å². The van der Waals surface area contributed by atoms with Crippen molar-refractivity contribution in [3.05, 3.63) is 16.1 Å². The van der Waals surface area contributed by atoms with Gasteiger partial charge in [0.05, 0.1) is 12.2 Å². The smallest absolute Gasteiger partial charge is 0.243 e. The van der Waals surface area contributed by atoms with Crippen molar-refractivity contribution in [2.75, 3.05) is 6.54 Å². The molecule has 0 aliphatic carbocycles. The molecule has 23 heavy (non-hydrogen) atoms. The lowest BCUT2D eigenvalue weighted by Crippen LogP contribution is -2.50. The van der Waals surface area contributed by atoms with Crippen molar-refractivity contribution < 1.29 is 9.59 Å². The number of carbonyl (C=O) groups is 2. The van der Waals surface area contributed by atoms with E-state index in [1.807, 2.05) is 19.2 Å². The Bertz CT molecular complexity index is 575. The molecule has 6 heteroatoms. The number of thiazole rings is 1. The molecule has 1 saturated heterocycles. The molecule has 1 fully saturated rings. The first kappa shape index (κ1) is 17.9. The van der Waals surface area contributed by atoms with Gasteiger partial charge in [0.15, 0.2) is 0 Å². The molecule has 5 nitrogen and oxygen atoms in total. The molecule has 1 N–H and O–H groups in total. The van der Waals surface area contributed by atoms with Gasteiger partial charge in [-0.1, -0.05) is 34.6 Å². The Morgan fingerprint density at radius 2 is 2.13 bits per heavy atom. The predicted octanol–water partition coefficient (Wildman–Crippen LogP) is 2.70. The number of rotatable bonds is 5. The van der Waals surface area contributed by atoms with E-state index in [-0.39, 0.29) is 29.2 Å². The van der Waals surface area contributed by atoms with E-state index in [0.717, 1.165) is 17.1 Å². The van der Waals surface area contributed by atoms with Crippen LogP contribution in [0.1, 0.15) is 58.2 Å². The van der Waals surface area contributed by atoms with Crippen molar-refractivity contribution in [2.24, 2.45) is 5.92 Å². The fourth-order valence-electron chi connectivity index (χ4n) is 2.77. The number of carbonyl (C=O) groups excluding carboxylic acids is 2. The number of likely N-dealkylation sites (tertiary alicyclic amines) is 1. The van der Waals surface area contributed by atoms with Crippen molar-refractivity contribution in [1.82, 2.24) is 15.2 Å². The molecular formula is C17H27N3O2S. The highest BCUT2D eigenvalue weighted by Crippen LogP contribution is 2.24. The van der Waals surface area contributed by atoms with Gasteiger partial charge in [0, 0.05) is 23.8 Å². The van der Waals surface area contributed by atoms with Crippen LogP contribution in [-0.4, -0.2) is 34.3 Å². The average Bonchev–Trinajstić information content (AvgIpc) is 3.06. The minimum atomic E-state index is -0.382. The fraction of sp³-hybridized carbons (Fsp3) is 0.706. The summed E-state index contributed by atoms with van der Waals surface area (Å²) >= 11 is 1.56. The monoisotopic (exact) mass is 337 g/mol. The topological polar surface area (TPSA) is 62.3 Å². The highest BCUT2D eigenvalue weighted by molar-refractivity contribution is 7.09. The van der Waals surface area contributed by atoms with Gasteiger partial charge in [-0.3, -0.25) is 9.59 Å². The van der Waals surface area contributed by atoms with E-state index in [2.05, 4.69) is 31.1 Å². The molecule has 1 aromatic rings. The minimum absolute atomic E-state index is 0.0151. The van der Waals surface area contributed by atoms with Crippen LogP contribution in [0.25, 0.3) is 0 Å². The summed E-state index contributed by atoms with van der Waals surface area (Å²) in [7, 11) is 0. The van der Waals surface area contributed by atoms with Crippen molar-refractivity contribution in [3.8, 4) is 0 Å². The van der Waals surface area contributed by atoms with E-state index in [1.165, 1.54) is 0 Å². The van der Waals surface area contributed by atoms with E-state index in [1.54, 1.807) is 16.2 Å². The van der Waals surface area contributed by atoms with Gasteiger partial charge in [0.2, 0.25) is 11.8 Å². The Morgan fingerprint density at radius 3 is 2.61 bits per heavy atom. The lowest BCUT2D eigenvalue weighted by atomic mass is 9.93. The van der Waals surface area contributed by atoms with E-state index in [4.69, 9.17) is 0 Å². The second-order valence-corrected chi connectivity index (χ2v) is 8.42. The zero-order chi connectivity index (χ0) is 17.2. The van der Waals surface area contributed by atoms with Crippen molar-refractivity contribution in [1.29, 1.82) is 0 Å². The average molecular weight is 337 g/mol. The molecule has 2 amide bonds. The summed E-state index contributed by atoms with van der Waals surface area (Å²) in [6.45, 7) is 11.4. The number of nitrogens with zero attached hydrogens (tertiary/aromatic N) is 2. The summed E-state index contributed by atoms with van der Waals surface area (Å²) in [6.07, 6.45) is 1.40.